The van der Waals surface area contributed by atoms with Gasteiger partial charge in [-0.2, -0.15) is 0 Å². The lowest BCUT2D eigenvalue weighted by atomic mass is 10.1. The lowest BCUT2D eigenvalue weighted by Gasteiger charge is -2.12. The fourth-order valence-electron chi connectivity index (χ4n) is 3.20. The van der Waals surface area contributed by atoms with E-state index >= 15 is 0 Å². The first-order valence-electron chi connectivity index (χ1n) is 8.65. The summed E-state index contributed by atoms with van der Waals surface area (Å²) in [6.07, 6.45) is 4.62. The van der Waals surface area contributed by atoms with Gasteiger partial charge in [0, 0.05) is 12.6 Å². The predicted octanol–water partition coefficient (Wildman–Crippen LogP) is 2.28. The Hall–Kier alpha value is -3.55. The Morgan fingerprint density at radius 3 is 2.52 bits per heavy atom. The molecule has 3 aromatic rings. The summed E-state index contributed by atoms with van der Waals surface area (Å²) in [5, 5.41) is 0.501. The maximum atomic E-state index is 12.7. The number of hydrogen-bond acceptors (Lipinski definition) is 6. The lowest BCUT2D eigenvalue weighted by molar-refractivity contribution is -0.0583. The maximum Gasteiger partial charge on any atom is 0.366 e. The summed E-state index contributed by atoms with van der Waals surface area (Å²) in [6.45, 7) is 0. The van der Waals surface area contributed by atoms with Crippen LogP contribution in [0.4, 0.5) is 0 Å². The van der Waals surface area contributed by atoms with Gasteiger partial charge in [-0.05, 0) is 37.0 Å². The summed E-state index contributed by atoms with van der Waals surface area (Å²) in [6, 6.07) is 7.81. The third-order valence-electron chi connectivity index (χ3n) is 4.77. The van der Waals surface area contributed by atoms with Crippen molar-refractivity contribution in [3.05, 3.63) is 59.0 Å². The molecule has 1 N–H and O–H groups in total. The Morgan fingerprint density at radius 2 is 1.85 bits per heavy atom. The minimum Gasteiger partial charge on any atom is -0.340 e. The quantitative estimate of drug-likeness (QED) is 0.714. The summed E-state index contributed by atoms with van der Waals surface area (Å²) in [5.41, 5.74) is 1.44. The number of carbonyl (C=O) groups is 3. The second-order valence-corrected chi connectivity index (χ2v) is 6.72. The number of H-pyrrole nitrogens is 1. The molecule has 1 saturated carbocycles. The first kappa shape index (κ1) is 15.7. The zero-order valence-corrected chi connectivity index (χ0v) is 14.1. The second kappa shape index (κ2) is 5.73. The topological polar surface area (TPSA) is 105 Å². The summed E-state index contributed by atoms with van der Waals surface area (Å²) in [5.74, 6) is -0.750. The van der Waals surface area contributed by atoms with Crippen molar-refractivity contribution in [1.82, 2.24) is 20.0 Å². The molecule has 2 amide bonds. The molecule has 1 fully saturated rings. The molecule has 0 radical (unpaired) electrons. The van der Waals surface area contributed by atoms with E-state index in [1.165, 1.54) is 37.2 Å². The molecule has 5 rings (SSSR count). The van der Waals surface area contributed by atoms with Crippen molar-refractivity contribution in [3.63, 3.8) is 0 Å². The molecule has 27 heavy (non-hydrogen) atoms. The Morgan fingerprint density at radius 1 is 1.15 bits per heavy atom. The van der Waals surface area contributed by atoms with E-state index in [2.05, 4.69) is 15.0 Å². The fraction of sp³-hybridized carbons (Fsp3) is 0.211. The number of imide groups is 1. The van der Waals surface area contributed by atoms with Crippen LogP contribution in [0, 0.1) is 5.92 Å². The molecule has 1 aliphatic carbocycles. The number of aromatic nitrogens is 3. The standard InChI is InChI=1S/C19H14N4O4/c24-17-11-3-1-2-4-12(11)18(25)23(17)27-19(26)13-7-8-20-16-15(13)21-14(22-16)9-10-5-6-10/h1-4,7-8,10H,5-6,9H2,(H,20,21,22). The molecule has 2 aromatic heterocycles. The van der Waals surface area contributed by atoms with Gasteiger partial charge < -0.3 is 9.82 Å². The van der Waals surface area contributed by atoms with Crippen LogP contribution in [0.3, 0.4) is 0 Å². The highest BCUT2D eigenvalue weighted by molar-refractivity contribution is 6.21. The van der Waals surface area contributed by atoms with E-state index in [4.69, 9.17) is 4.84 Å². The van der Waals surface area contributed by atoms with Gasteiger partial charge in [-0.3, -0.25) is 9.59 Å². The number of pyridine rings is 1. The molecule has 134 valence electrons. The highest BCUT2D eigenvalue weighted by atomic mass is 16.7. The van der Waals surface area contributed by atoms with Gasteiger partial charge in [-0.1, -0.05) is 17.2 Å². The smallest absolute Gasteiger partial charge is 0.340 e. The van der Waals surface area contributed by atoms with Gasteiger partial charge in [0.15, 0.2) is 5.65 Å². The third-order valence-corrected chi connectivity index (χ3v) is 4.77. The van der Waals surface area contributed by atoms with Gasteiger partial charge in [-0.15, -0.1) is 0 Å². The van der Waals surface area contributed by atoms with Crippen LogP contribution in [0.1, 0.15) is 49.7 Å². The van der Waals surface area contributed by atoms with Gasteiger partial charge in [0.2, 0.25) is 0 Å². The van der Waals surface area contributed by atoms with Crippen LogP contribution < -0.4 is 0 Å². The molecule has 0 bridgehead atoms. The normalized spacial score (nSPS) is 16.1. The van der Waals surface area contributed by atoms with Crippen LogP contribution in [0.25, 0.3) is 11.2 Å². The number of carbonyl (C=O) groups excluding carboxylic acids is 3. The number of hydroxylamine groups is 2. The van der Waals surface area contributed by atoms with Crippen LogP contribution >= 0.6 is 0 Å². The molecule has 0 unspecified atom stereocenters. The molecule has 1 aromatic carbocycles. The molecule has 0 spiro atoms. The molecular weight excluding hydrogens is 348 g/mol. The molecule has 0 atom stereocenters. The van der Waals surface area contributed by atoms with E-state index in [0.29, 0.717) is 22.1 Å². The number of nitrogens with zero attached hydrogens (tertiary/aromatic N) is 3. The van der Waals surface area contributed by atoms with Gasteiger partial charge >= 0.3 is 5.97 Å². The zero-order chi connectivity index (χ0) is 18.5. The van der Waals surface area contributed by atoms with E-state index in [-0.39, 0.29) is 16.7 Å². The summed E-state index contributed by atoms with van der Waals surface area (Å²) >= 11 is 0. The van der Waals surface area contributed by atoms with Crippen molar-refractivity contribution in [1.29, 1.82) is 0 Å². The minimum atomic E-state index is -0.821. The average molecular weight is 362 g/mol. The van der Waals surface area contributed by atoms with Crippen LogP contribution in [-0.4, -0.2) is 37.8 Å². The van der Waals surface area contributed by atoms with Crippen LogP contribution in [-0.2, 0) is 11.3 Å². The van der Waals surface area contributed by atoms with Crippen LogP contribution in [0.15, 0.2) is 36.5 Å². The van der Waals surface area contributed by atoms with Crippen molar-refractivity contribution in [3.8, 4) is 0 Å². The van der Waals surface area contributed by atoms with Gasteiger partial charge in [-0.25, -0.2) is 14.8 Å². The van der Waals surface area contributed by atoms with Crippen molar-refractivity contribution in [2.45, 2.75) is 19.3 Å². The van der Waals surface area contributed by atoms with Crippen LogP contribution in [0.2, 0.25) is 0 Å². The first-order valence-corrected chi connectivity index (χ1v) is 8.65. The number of nitrogens with one attached hydrogen (secondary N) is 1. The average Bonchev–Trinajstić information content (AvgIpc) is 3.34. The van der Waals surface area contributed by atoms with Crippen molar-refractivity contribution in [2.24, 2.45) is 5.92 Å². The number of aromatic amines is 1. The molecule has 3 heterocycles. The van der Waals surface area contributed by atoms with E-state index in [1.54, 1.807) is 12.1 Å². The van der Waals surface area contributed by atoms with E-state index in [9.17, 15) is 14.4 Å². The molecule has 0 saturated heterocycles. The monoisotopic (exact) mass is 362 g/mol. The van der Waals surface area contributed by atoms with Crippen molar-refractivity contribution < 1.29 is 19.2 Å². The van der Waals surface area contributed by atoms with Crippen LogP contribution in [0.5, 0.6) is 0 Å². The minimum absolute atomic E-state index is 0.172. The second-order valence-electron chi connectivity index (χ2n) is 6.72. The van der Waals surface area contributed by atoms with Crippen molar-refractivity contribution >= 4 is 28.9 Å². The fourth-order valence-corrected chi connectivity index (χ4v) is 3.20. The Labute approximate surface area is 153 Å². The molecule has 8 nitrogen and oxygen atoms in total. The number of fused-ring (bicyclic) bond motifs is 2. The van der Waals surface area contributed by atoms with E-state index < -0.39 is 17.8 Å². The van der Waals surface area contributed by atoms with Gasteiger partial charge in [0.1, 0.15) is 5.82 Å². The number of hydrogen-bond donors (Lipinski definition) is 1. The van der Waals surface area contributed by atoms with Gasteiger partial charge in [0.25, 0.3) is 11.8 Å². The summed E-state index contributed by atoms with van der Waals surface area (Å²) < 4.78 is 0. The van der Waals surface area contributed by atoms with Crippen molar-refractivity contribution in [2.75, 3.05) is 0 Å². The highest BCUT2D eigenvalue weighted by Gasteiger charge is 2.39. The zero-order valence-electron chi connectivity index (χ0n) is 14.1. The number of rotatable bonds is 4. The summed E-state index contributed by atoms with van der Waals surface area (Å²) in [7, 11) is 0. The maximum absolute atomic E-state index is 12.7. The van der Waals surface area contributed by atoms with E-state index in [1.807, 2.05) is 0 Å². The first-order chi connectivity index (χ1) is 13.1. The summed E-state index contributed by atoms with van der Waals surface area (Å²) in [4.78, 5) is 54.2. The number of imidazole rings is 1. The molecular formula is C19H14N4O4. The Kier molecular flexibility index (Phi) is 3.33. The highest BCUT2D eigenvalue weighted by Crippen LogP contribution is 2.32. The molecule has 2 aliphatic rings. The largest absolute Gasteiger partial charge is 0.366 e. The molecule has 8 heteroatoms. The van der Waals surface area contributed by atoms with E-state index in [0.717, 1.165) is 12.2 Å². The Balaban J connectivity index is 1.44. The molecule has 1 aliphatic heterocycles. The predicted molar refractivity (Wildman–Crippen MR) is 92.7 cm³/mol. The lowest BCUT2D eigenvalue weighted by Crippen LogP contribution is -2.32. The van der Waals surface area contributed by atoms with Gasteiger partial charge in [0.05, 0.1) is 22.2 Å². The number of benzene rings is 1. The SMILES string of the molecule is O=C(ON1C(=O)c2ccccc2C1=O)c1ccnc2nc(CC3CC3)[nH]c12. The number of amides is 2. The third kappa shape index (κ3) is 2.57. The Bertz CT molecular complexity index is 1080.